The summed E-state index contributed by atoms with van der Waals surface area (Å²) in [7, 11) is 0. The number of rotatable bonds is 5. The van der Waals surface area contributed by atoms with Crippen molar-refractivity contribution in [1.82, 2.24) is 10.1 Å². The number of piperidine rings is 1. The van der Waals surface area contributed by atoms with Crippen LogP contribution in [0.15, 0.2) is 34.1 Å². The van der Waals surface area contributed by atoms with E-state index in [-0.39, 0.29) is 6.61 Å². The van der Waals surface area contributed by atoms with Gasteiger partial charge in [-0.15, -0.1) is 0 Å². The van der Waals surface area contributed by atoms with Crippen LogP contribution in [0.1, 0.15) is 36.3 Å². The Hall–Kier alpha value is -2.57. The fraction of sp³-hybridized carbons (Fsp3) is 0.438. The maximum absolute atomic E-state index is 6.00. The third-order valence-corrected chi connectivity index (χ3v) is 3.77. The molecule has 1 aliphatic heterocycles. The molecule has 1 saturated heterocycles. The maximum Gasteiger partial charge on any atom is 0.177 e. The standard InChI is InChI=1S/C16H21N5O2/c1-12-9-14(23-19-12)11-22-20-16(17)13-5-6-18-15(10-13)21-7-3-2-4-8-21/h5-6,9-10H,2-4,7-8,11H2,1H3,(H2,17,20). The van der Waals surface area contributed by atoms with Crippen molar-refractivity contribution in [3.05, 3.63) is 41.4 Å². The van der Waals surface area contributed by atoms with E-state index in [1.807, 2.05) is 19.1 Å². The number of aromatic nitrogens is 2. The lowest BCUT2D eigenvalue weighted by molar-refractivity contribution is 0.109. The van der Waals surface area contributed by atoms with E-state index in [1.54, 1.807) is 12.3 Å². The first-order chi connectivity index (χ1) is 11.2. The van der Waals surface area contributed by atoms with Gasteiger partial charge >= 0.3 is 0 Å². The molecule has 1 aliphatic rings. The topological polar surface area (TPSA) is 89.8 Å². The number of nitrogens with zero attached hydrogens (tertiary/aromatic N) is 4. The highest BCUT2D eigenvalue weighted by Crippen LogP contribution is 2.18. The highest BCUT2D eigenvalue weighted by atomic mass is 16.6. The zero-order valence-corrected chi connectivity index (χ0v) is 13.2. The summed E-state index contributed by atoms with van der Waals surface area (Å²) in [6, 6.07) is 5.58. The van der Waals surface area contributed by atoms with Crippen LogP contribution < -0.4 is 10.6 Å². The summed E-state index contributed by atoms with van der Waals surface area (Å²) >= 11 is 0. The van der Waals surface area contributed by atoms with Gasteiger partial charge in [-0.3, -0.25) is 0 Å². The fourth-order valence-corrected chi connectivity index (χ4v) is 2.58. The molecule has 0 radical (unpaired) electrons. The fourth-order valence-electron chi connectivity index (χ4n) is 2.58. The molecule has 0 saturated carbocycles. The Bertz CT molecular complexity index is 677. The van der Waals surface area contributed by atoms with E-state index in [4.69, 9.17) is 15.1 Å². The van der Waals surface area contributed by atoms with Crippen molar-refractivity contribution in [3.8, 4) is 0 Å². The smallest absolute Gasteiger partial charge is 0.177 e. The van der Waals surface area contributed by atoms with Crippen LogP contribution in [0.25, 0.3) is 0 Å². The molecule has 23 heavy (non-hydrogen) atoms. The van der Waals surface area contributed by atoms with Gasteiger partial charge in [0.25, 0.3) is 0 Å². The van der Waals surface area contributed by atoms with Crippen molar-refractivity contribution < 1.29 is 9.36 Å². The molecule has 1 fully saturated rings. The molecule has 2 aromatic heterocycles. The summed E-state index contributed by atoms with van der Waals surface area (Å²) in [5.41, 5.74) is 7.60. The summed E-state index contributed by atoms with van der Waals surface area (Å²) in [5.74, 6) is 1.87. The molecule has 7 nitrogen and oxygen atoms in total. The quantitative estimate of drug-likeness (QED) is 0.517. The predicted octanol–water partition coefficient (Wildman–Crippen LogP) is 2.21. The van der Waals surface area contributed by atoms with E-state index in [0.717, 1.165) is 30.2 Å². The molecule has 3 heterocycles. The largest absolute Gasteiger partial charge is 0.386 e. The Morgan fingerprint density at radius 3 is 2.91 bits per heavy atom. The van der Waals surface area contributed by atoms with Crippen LogP contribution >= 0.6 is 0 Å². The predicted molar refractivity (Wildman–Crippen MR) is 87.1 cm³/mol. The number of anilines is 1. The summed E-state index contributed by atoms with van der Waals surface area (Å²) in [6.07, 6.45) is 5.45. The number of oxime groups is 1. The van der Waals surface area contributed by atoms with Gasteiger partial charge in [0.05, 0.1) is 5.69 Å². The van der Waals surface area contributed by atoms with E-state index in [0.29, 0.717) is 11.6 Å². The summed E-state index contributed by atoms with van der Waals surface area (Å²) in [5, 5.41) is 7.73. The van der Waals surface area contributed by atoms with E-state index in [2.05, 4.69) is 20.2 Å². The Morgan fingerprint density at radius 2 is 2.17 bits per heavy atom. The van der Waals surface area contributed by atoms with Gasteiger partial charge in [-0.25, -0.2) is 4.98 Å². The van der Waals surface area contributed by atoms with Crippen LogP contribution in [0.3, 0.4) is 0 Å². The monoisotopic (exact) mass is 315 g/mol. The van der Waals surface area contributed by atoms with Crippen LogP contribution in [0, 0.1) is 6.92 Å². The lowest BCUT2D eigenvalue weighted by Crippen LogP contribution is -2.30. The highest BCUT2D eigenvalue weighted by molar-refractivity contribution is 5.97. The number of pyridine rings is 1. The Labute approximate surface area is 135 Å². The second-order valence-electron chi connectivity index (χ2n) is 5.63. The lowest BCUT2D eigenvalue weighted by atomic mass is 10.1. The van der Waals surface area contributed by atoms with Crippen molar-refractivity contribution in [3.63, 3.8) is 0 Å². The molecule has 0 bridgehead atoms. The summed E-state index contributed by atoms with van der Waals surface area (Å²) < 4.78 is 5.05. The molecule has 2 aromatic rings. The van der Waals surface area contributed by atoms with Crippen molar-refractivity contribution in [1.29, 1.82) is 0 Å². The van der Waals surface area contributed by atoms with E-state index < -0.39 is 0 Å². The van der Waals surface area contributed by atoms with Crippen molar-refractivity contribution in [2.24, 2.45) is 10.9 Å². The van der Waals surface area contributed by atoms with E-state index in [1.165, 1.54) is 19.3 Å². The molecule has 0 atom stereocenters. The van der Waals surface area contributed by atoms with Crippen LogP contribution in [0.4, 0.5) is 5.82 Å². The van der Waals surface area contributed by atoms with Gasteiger partial charge in [-0.05, 0) is 38.3 Å². The van der Waals surface area contributed by atoms with Gasteiger partial charge in [-0.2, -0.15) is 0 Å². The lowest BCUT2D eigenvalue weighted by Gasteiger charge is -2.27. The van der Waals surface area contributed by atoms with Crippen LogP contribution in [0.2, 0.25) is 0 Å². The Morgan fingerprint density at radius 1 is 1.35 bits per heavy atom. The molecule has 7 heteroatoms. The average Bonchev–Trinajstić information content (AvgIpc) is 3.01. The molecule has 2 N–H and O–H groups in total. The van der Waals surface area contributed by atoms with Gasteiger partial charge in [0, 0.05) is 30.9 Å². The van der Waals surface area contributed by atoms with Crippen molar-refractivity contribution in [2.75, 3.05) is 18.0 Å². The first-order valence-electron chi connectivity index (χ1n) is 7.81. The molecule has 0 aliphatic carbocycles. The van der Waals surface area contributed by atoms with Gasteiger partial charge in [0.1, 0.15) is 5.82 Å². The summed E-state index contributed by atoms with van der Waals surface area (Å²) in [6.45, 7) is 4.12. The first kappa shape index (κ1) is 15.3. The molecule has 0 unspecified atom stereocenters. The van der Waals surface area contributed by atoms with Gasteiger partial charge in [0.2, 0.25) is 0 Å². The second-order valence-corrected chi connectivity index (χ2v) is 5.63. The van der Waals surface area contributed by atoms with Crippen LogP contribution in [0.5, 0.6) is 0 Å². The first-order valence-corrected chi connectivity index (χ1v) is 7.81. The van der Waals surface area contributed by atoms with Gasteiger partial charge in [0.15, 0.2) is 18.2 Å². The Balaban J connectivity index is 1.64. The molecule has 0 amide bonds. The minimum absolute atomic E-state index is 0.200. The number of nitrogens with two attached hydrogens (primary N) is 1. The minimum Gasteiger partial charge on any atom is -0.386 e. The van der Waals surface area contributed by atoms with Gasteiger partial charge in [-0.1, -0.05) is 10.3 Å². The third-order valence-electron chi connectivity index (χ3n) is 3.77. The molecular formula is C16H21N5O2. The van der Waals surface area contributed by atoms with Crippen LogP contribution in [-0.2, 0) is 11.4 Å². The molecular weight excluding hydrogens is 294 g/mol. The number of amidine groups is 1. The second kappa shape index (κ2) is 7.13. The zero-order chi connectivity index (χ0) is 16.1. The van der Waals surface area contributed by atoms with Crippen molar-refractivity contribution >= 4 is 11.7 Å². The number of hydrogen-bond acceptors (Lipinski definition) is 6. The van der Waals surface area contributed by atoms with Crippen LogP contribution in [-0.4, -0.2) is 29.1 Å². The highest BCUT2D eigenvalue weighted by Gasteiger charge is 2.13. The average molecular weight is 315 g/mol. The Kier molecular flexibility index (Phi) is 4.75. The maximum atomic E-state index is 6.00. The molecule has 3 rings (SSSR count). The minimum atomic E-state index is 0.200. The third kappa shape index (κ3) is 4.00. The molecule has 0 aromatic carbocycles. The zero-order valence-electron chi connectivity index (χ0n) is 13.2. The molecule has 122 valence electrons. The van der Waals surface area contributed by atoms with Gasteiger partial charge < -0.3 is 20.0 Å². The van der Waals surface area contributed by atoms with Crippen molar-refractivity contribution in [2.45, 2.75) is 32.8 Å². The SMILES string of the molecule is Cc1cc(CO/N=C(\N)c2ccnc(N3CCCCC3)c2)on1. The molecule has 0 spiro atoms. The summed E-state index contributed by atoms with van der Waals surface area (Å²) in [4.78, 5) is 11.9. The normalized spacial score (nSPS) is 15.7. The number of hydrogen-bond donors (Lipinski definition) is 1. The van der Waals surface area contributed by atoms with E-state index >= 15 is 0 Å². The number of aryl methyl sites for hydroxylation is 1. The van der Waals surface area contributed by atoms with E-state index in [9.17, 15) is 0 Å².